The summed E-state index contributed by atoms with van der Waals surface area (Å²) in [6.45, 7) is 4.72. The number of ether oxygens (including phenoxy) is 1. The lowest BCUT2D eigenvalue weighted by Gasteiger charge is -2.33. The van der Waals surface area contributed by atoms with Crippen molar-refractivity contribution in [3.63, 3.8) is 0 Å². The average molecular weight is 384 g/mol. The first kappa shape index (κ1) is 20.3. The van der Waals surface area contributed by atoms with Crippen LogP contribution in [0, 0.1) is 0 Å². The van der Waals surface area contributed by atoms with E-state index in [0.717, 1.165) is 0 Å². The van der Waals surface area contributed by atoms with Crippen molar-refractivity contribution in [1.29, 1.82) is 0 Å². The second kappa shape index (κ2) is 8.15. The number of amides is 1. The molecule has 0 bridgehead atoms. The van der Waals surface area contributed by atoms with E-state index in [0.29, 0.717) is 13.1 Å². The third-order valence-corrected chi connectivity index (χ3v) is 6.63. The van der Waals surface area contributed by atoms with Gasteiger partial charge >= 0.3 is 5.97 Å². The predicted octanol–water partition coefficient (Wildman–Crippen LogP) is 1.08. The number of nitrogens with zero attached hydrogens (tertiary/aromatic N) is 1. The smallest absolute Gasteiger partial charge is 0.329 e. The first-order valence-corrected chi connectivity index (χ1v) is 9.94. The quantitative estimate of drug-likeness (QED) is 0.727. The van der Waals surface area contributed by atoms with Gasteiger partial charge in [-0.05, 0) is 24.3 Å². The zero-order valence-electron chi connectivity index (χ0n) is 14.9. The lowest BCUT2D eigenvalue weighted by atomic mass is 9.89. The van der Waals surface area contributed by atoms with Gasteiger partial charge in [-0.1, -0.05) is 13.8 Å². The van der Waals surface area contributed by atoms with E-state index >= 15 is 0 Å². The molecule has 1 aliphatic rings. The zero-order valence-corrected chi connectivity index (χ0v) is 15.7. The van der Waals surface area contributed by atoms with Crippen LogP contribution in [-0.4, -0.2) is 61.5 Å². The molecule has 26 heavy (non-hydrogen) atoms. The number of hydrogen-bond acceptors (Lipinski definition) is 5. The van der Waals surface area contributed by atoms with Gasteiger partial charge in [0.15, 0.2) is 0 Å². The number of aliphatic carboxylic acids is 1. The third kappa shape index (κ3) is 4.05. The lowest BCUT2D eigenvalue weighted by Crippen LogP contribution is -2.57. The fourth-order valence-electron chi connectivity index (χ4n) is 2.89. The Morgan fingerprint density at radius 2 is 1.69 bits per heavy atom. The zero-order chi connectivity index (χ0) is 19.4. The molecule has 8 nitrogen and oxygen atoms in total. The molecular formula is C17H24N2O6S. The second-order valence-electron chi connectivity index (χ2n) is 6.07. The fraction of sp³-hybridized carbons (Fsp3) is 0.529. The molecule has 0 spiro atoms. The van der Waals surface area contributed by atoms with Crippen LogP contribution in [0.2, 0.25) is 0 Å². The molecule has 2 rings (SSSR count). The van der Waals surface area contributed by atoms with E-state index < -0.39 is 27.4 Å². The lowest BCUT2D eigenvalue weighted by molar-refractivity contribution is -0.148. The molecule has 0 aromatic heterocycles. The summed E-state index contributed by atoms with van der Waals surface area (Å²) >= 11 is 0. The molecule has 0 saturated carbocycles. The average Bonchev–Trinajstić information content (AvgIpc) is 2.63. The van der Waals surface area contributed by atoms with Gasteiger partial charge in [-0.2, -0.15) is 4.31 Å². The minimum absolute atomic E-state index is 0.0942. The predicted molar refractivity (Wildman–Crippen MR) is 94.4 cm³/mol. The van der Waals surface area contributed by atoms with Crippen molar-refractivity contribution in [2.45, 2.75) is 37.1 Å². The van der Waals surface area contributed by atoms with Crippen LogP contribution in [0.15, 0.2) is 29.2 Å². The molecular weight excluding hydrogens is 360 g/mol. The van der Waals surface area contributed by atoms with Crippen molar-refractivity contribution in [3.05, 3.63) is 29.8 Å². The number of carbonyl (C=O) groups excluding carboxylic acids is 1. The molecule has 0 aliphatic carbocycles. The van der Waals surface area contributed by atoms with Crippen LogP contribution in [0.3, 0.4) is 0 Å². The molecule has 1 fully saturated rings. The number of carboxylic acid groups (broad SMARTS) is 1. The molecule has 0 unspecified atom stereocenters. The van der Waals surface area contributed by atoms with E-state index in [4.69, 9.17) is 4.74 Å². The van der Waals surface area contributed by atoms with Crippen molar-refractivity contribution in [2.75, 3.05) is 26.3 Å². The Hall–Kier alpha value is -1.97. The van der Waals surface area contributed by atoms with E-state index in [2.05, 4.69) is 5.32 Å². The highest BCUT2D eigenvalue weighted by atomic mass is 32.2. The van der Waals surface area contributed by atoms with Crippen molar-refractivity contribution in [1.82, 2.24) is 9.62 Å². The van der Waals surface area contributed by atoms with Gasteiger partial charge in [0.25, 0.3) is 5.91 Å². The topological polar surface area (TPSA) is 113 Å². The van der Waals surface area contributed by atoms with E-state index in [1.165, 1.54) is 28.6 Å². The SMILES string of the molecule is CCN(CC)S(=O)(=O)c1ccc(C(=O)NC2(C(=O)O)CCOCC2)cc1. The third-order valence-electron chi connectivity index (χ3n) is 4.57. The highest BCUT2D eigenvalue weighted by Crippen LogP contribution is 2.22. The molecule has 1 amide bonds. The van der Waals surface area contributed by atoms with Gasteiger partial charge in [-0.3, -0.25) is 4.79 Å². The molecule has 9 heteroatoms. The molecule has 144 valence electrons. The van der Waals surface area contributed by atoms with Crippen LogP contribution in [0.5, 0.6) is 0 Å². The Bertz CT molecular complexity index is 750. The maximum atomic E-state index is 12.5. The van der Waals surface area contributed by atoms with Crippen LogP contribution in [0.4, 0.5) is 0 Å². The van der Waals surface area contributed by atoms with E-state index in [1.807, 2.05) is 0 Å². The molecule has 1 saturated heterocycles. The summed E-state index contributed by atoms with van der Waals surface area (Å²) in [6.07, 6.45) is 0.366. The Morgan fingerprint density at radius 3 is 2.15 bits per heavy atom. The number of hydrogen-bond donors (Lipinski definition) is 2. The molecule has 1 aromatic rings. The van der Waals surface area contributed by atoms with E-state index in [-0.39, 0.29) is 36.5 Å². The van der Waals surface area contributed by atoms with Crippen LogP contribution in [-0.2, 0) is 19.6 Å². The highest BCUT2D eigenvalue weighted by Gasteiger charge is 2.41. The standard InChI is InChI=1S/C17H24N2O6S/c1-3-19(4-2)26(23,24)14-7-5-13(6-8-14)15(20)18-17(16(21)22)9-11-25-12-10-17/h5-8H,3-4,9-12H2,1-2H3,(H,18,20)(H,21,22). The summed E-state index contributed by atoms with van der Waals surface area (Å²) in [5.41, 5.74) is -1.16. The van der Waals surface area contributed by atoms with Crippen molar-refractivity contribution in [3.8, 4) is 0 Å². The molecule has 0 radical (unpaired) electrons. The van der Waals surface area contributed by atoms with Crippen LogP contribution >= 0.6 is 0 Å². The number of nitrogens with one attached hydrogen (secondary N) is 1. The van der Waals surface area contributed by atoms with Gasteiger partial charge in [0.1, 0.15) is 5.54 Å². The summed E-state index contributed by atoms with van der Waals surface area (Å²) in [6, 6.07) is 5.50. The van der Waals surface area contributed by atoms with Crippen LogP contribution in [0.1, 0.15) is 37.0 Å². The Balaban J connectivity index is 2.20. The van der Waals surface area contributed by atoms with Gasteiger partial charge in [0.2, 0.25) is 10.0 Å². The maximum Gasteiger partial charge on any atom is 0.329 e. The van der Waals surface area contributed by atoms with Crippen molar-refractivity contribution in [2.24, 2.45) is 0 Å². The van der Waals surface area contributed by atoms with Crippen LogP contribution < -0.4 is 5.32 Å². The number of carbonyl (C=O) groups is 2. The number of sulfonamides is 1. The Kier molecular flexibility index (Phi) is 6.38. The maximum absolute atomic E-state index is 12.5. The van der Waals surface area contributed by atoms with Gasteiger partial charge < -0.3 is 15.2 Å². The molecule has 0 atom stereocenters. The minimum Gasteiger partial charge on any atom is -0.480 e. The van der Waals surface area contributed by atoms with Gasteiger partial charge in [-0.25, -0.2) is 13.2 Å². The summed E-state index contributed by atoms with van der Waals surface area (Å²) < 4.78 is 31.4. The number of rotatable bonds is 7. The normalized spacial score (nSPS) is 17.0. The first-order chi connectivity index (χ1) is 12.3. The summed E-state index contributed by atoms with van der Waals surface area (Å²) in [7, 11) is -3.61. The van der Waals surface area contributed by atoms with Gasteiger partial charge in [-0.15, -0.1) is 0 Å². The highest BCUT2D eigenvalue weighted by molar-refractivity contribution is 7.89. The first-order valence-electron chi connectivity index (χ1n) is 8.50. The van der Waals surface area contributed by atoms with Crippen LogP contribution in [0.25, 0.3) is 0 Å². The molecule has 1 aliphatic heterocycles. The Labute approximate surface area is 153 Å². The monoisotopic (exact) mass is 384 g/mol. The molecule has 1 aromatic carbocycles. The van der Waals surface area contributed by atoms with Gasteiger partial charge in [0.05, 0.1) is 4.90 Å². The van der Waals surface area contributed by atoms with Gasteiger partial charge in [0, 0.05) is 44.7 Å². The van der Waals surface area contributed by atoms with Crippen molar-refractivity contribution >= 4 is 21.9 Å². The number of carboxylic acids is 1. The molecule has 2 N–H and O–H groups in total. The van der Waals surface area contributed by atoms with E-state index in [9.17, 15) is 23.1 Å². The Morgan fingerprint density at radius 1 is 1.15 bits per heavy atom. The minimum atomic E-state index is -3.61. The second-order valence-corrected chi connectivity index (χ2v) is 8.01. The fourth-order valence-corrected chi connectivity index (χ4v) is 4.35. The number of benzene rings is 1. The van der Waals surface area contributed by atoms with Crippen molar-refractivity contribution < 1.29 is 27.9 Å². The molecule has 1 heterocycles. The summed E-state index contributed by atoms with van der Waals surface area (Å²) in [5.74, 6) is -1.66. The largest absolute Gasteiger partial charge is 0.480 e. The van der Waals surface area contributed by atoms with E-state index in [1.54, 1.807) is 13.8 Å². The summed E-state index contributed by atoms with van der Waals surface area (Å²) in [4.78, 5) is 24.2. The summed E-state index contributed by atoms with van der Waals surface area (Å²) in [5, 5.41) is 12.1.